The average Bonchev–Trinajstić information content (AvgIpc) is 2.48. The number of carbonyl (C=O) groups excluding carboxylic acids is 1. The standard InChI is InChI=1S/C16H15Br2N3O2/c1-10-6-13(17)16(14(18)7-10)19-9-15(23)21-20-8-11-2-4-12(22)5-3-11/h2-8,19,22H,9H2,1H3,(H,21,23). The van der Waals surface area contributed by atoms with Gasteiger partial charge in [-0.2, -0.15) is 5.10 Å². The molecule has 23 heavy (non-hydrogen) atoms. The summed E-state index contributed by atoms with van der Waals surface area (Å²) in [7, 11) is 0. The van der Waals surface area contributed by atoms with E-state index in [0.717, 1.165) is 25.8 Å². The molecule has 2 rings (SSSR count). The molecule has 3 N–H and O–H groups in total. The highest BCUT2D eigenvalue weighted by Crippen LogP contribution is 2.32. The number of phenolic OH excluding ortho intramolecular Hbond substituents is 1. The zero-order chi connectivity index (χ0) is 16.8. The third kappa shape index (κ3) is 5.37. The summed E-state index contributed by atoms with van der Waals surface area (Å²) in [6.07, 6.45) is 1.51. The molecule has 0 radical (unpaired) electrons. The Hall–Kier alpha value is -1.86. The first-order valence-electron chi connectivity index (χ1n) is 6.76. The van der Waals surface area contributed by atoms with Gasteiger partial charge in [0.25, 0.3) is 5.91 Å². The molecule has 0 spiro atoms. The number of halogens is 2. The van der Waals surface area contributed by atoms with Gasteiger partial charge in [0.2, 0.25) is 0 Å². The van der Waals surface area contributed by atoms with Crippen LogP contribution in [-0.2, 0) is 4.79 Å². The van der Waals surface area contributed by atoms with Gasteiger partial charge < -0.3 is 10.4 Å². The van der Waals surface area contributed by atoms with Crippen molar-refractivity contribution in [3.05, 3.63) is 56.5 Å². The first-order chi connectivity index (χ1) is 11.0. The van der Waals surface area contributed by atoms with Gasteiger partial charge in [-0.1, -0.05) is 0 Å². The number of hydrogen-bond donors (Lipinski definition) is 3. The maximum Gasteiger partial charge on any atom is 0.259 e. The molecule has 0 unspecified atom stereocenters. The Morgan fingerprint density at radius 1 is 1.22 bits per heavy atom. The summed E-state index contributed by atoms with van der Waals surface area (Å²) in [4.78, 5) is 11.8. The van der Waals surface area contributed by atoms with Gasteiger partial charge in [0.15, 0.2) is 0 Å². The van der Waals surface area contributed by atoms with Crippen molar-refractivity contribution in [3.8, 4) is 5.75 Å². The fourth-order valence-corrected chi connectivity index (χ4v) is 3.51. The van der Waals surface area contributed by atoms with E-state index >= 15 is 0 Å². The highest BCUT2D eigenvalue weighted by atomic mass is 79.9. The third-order valence-electron chi connectivity index (χ3n) is 2.91. The van der Waals surface area contributed by atoms with Gasteiger partial charge in [0, 0.05) is 8.95 Å². The zero-order valence-electron chi connectivity index (χ0n) is 12.3. The van der Waals surface area contributed by atoms with Crippen LogP contribution < -0.4 is 10.7 Å². The molecule has 120 valence electrons. The Balaban J connectivity index is 1.87. The van der Waals surface area contributed by atoms with Crippen LogP contribution in [0.4, 0.5) is 5.69 Å². The van der Waals surface area contributed by atoms with Crippen molar-refractivity contribution in [2.45, 2.75) is 6.92 Å². The van der Waals surface area contributed by atoms with Crippen molar-refractivity contribution in [1.29, 1.82) is 0 Å². The highest BCUT2D eigenvalue weighted by Gasteiger charge is 2.07. The second-order valence-corrected chi connectivity index (χ2v) is 6.55. The van der Waals surface area contributed by atoms with E-state index in [-0.39, 0.29) is 18.2 Å². The van der Waals surface area contributed by atoms with E-state index in [4.69, 9.17) is 0 Å². The Kier molecular flexibility index (Phi) is 6.18. The summed E-state index contributed by atoms with van der Waals surface area (Å²) >= 11 is 6.93. The van der Waals surface area contributed by atoms with E-state index in [9.17, 15) is 9.90 Å². The smallest absolute Gasteiger partial charge is 0.259 e. The van der Waals surface area contributed by atoms with Crippen LogP contribution in [0.25, 0.3) is 0 Å². The van der Waals surface area contributed by atoms with Crippen molar-refractivity contribution < 1.29 is 9.90 Å². The van der Waals surface area contributed by atoms with Crippen LogP contribution in [-0.4, -0.2) is 23.8 Å². The third-order valence-corrected chi connectivity index (χ3v) is 4.16. The van der Waals surface area contributed by atoms with E-state index in [0.29, 0.717) is 0 Å². The van der Waals surface area contributed by atoms with Crippen LogP contribution in [0.2, 0.25) is 0 Å². The van der Waals surface area contributed by atoms with Crippen LogP contribution in [0, 0.1) is 6.92 Å². The number of nitrogens with zero attached hydrogens (tertiary/aromatic N) is 1. The SMILES string of the molecule is Cc1cc(Br)c(NCC(=O)NN=Cc2ccc(O)cc2)c(Br)c1. The minimum Gasteiger partial charge on any atom is -0.508 e. The molecule has 0 heterocycles. The molecule has 0 saturated heterocycles. The van der Waals surface area contributed by atoms with E-state index in [2.05, 4.69) is 47.7 Å². The first kappa shape index (κ1) is 17.5. The second-order valence-electron chi connectivity index (χ2n) is 4.84. The van der Waals surface area contributed by atoms with Gasteiger partial charge in [-0.25, -0.2) is 5.43 Å². The molecule has 0 bridgehead atoms. The van der Waals surface area contributed by atoms with Gasteiger partial charge in [0.05, 0.1) is 18.4 Å². The van der Waals surface area contributed by atoms with E-state index in [1.54, 1.807) is 24.3 Å². The number of carbonyl (C=O) groups is 1. The Morgan fingerprint density at radius 3 is 2.43 bits per heavy atom. The van der Waals surface area contributed by atoms with E-state index in [1.807, 2.05) is 19.1 Å². The van der Waals surface area contributed by atoms with Crippen molar-refractivity contribution >= 4 is 49.7 Å². The predicted octanol–water partition coefficient (Wildman–Crippen LogP) is 3.79. The van der Waals surface area contributed by atoms with Crippen molar-refractivity contribution in [3.63, 3.8) is 0 Å². The largest absolute Gasteiger partial charge is 0.508 e. The van der Waals surface area contributed by atoms with Gasteiger partial charge in [-0.3, -0.25) is 4.79 Å². The van der Waals surface area contributed by atoms with Crippen LogP contribution in [0.5, 0.6) is 5.75 Å². The summed E-state index contributed by atoms with van der Waals surface area (Å²) < 4.78 is 1.76. The number of hydrazone groups is 1. The summed E-state index contributed by atoms with van der Waals surface area (Å²) in [5.74, 6) is -0.0796. The molecule has 7 heteroatoms. The minimum absolute atomic E-state index is 0.0905. The molecule has 0 saturated carbocycles. The number of aryl methyl sites for hydroxylation is 1. The lowest BCUT2D eigenvalue weighted by Crippen LogP contribution is -2.26. The topological polar surface area (TPSA) is 73.7 Å². The molecular formula is C16H15Br2N3O2. The second kappa shape index (κ2) is 8.12. The number of amides is 1. The van der Waals surface area contributed by atoms with E-state index < -0.39 is 0 Å². The van der Waals surface area contributed by atoms with Gasteiger partial charge in [-0.15, -0.1) is 0 Å². The molecule has 0 fully saturated rings. The van der Waals surface area contributed by atoms with Crippen molar-refractivity contribution in [2.24, 2.45) is 5.10 Å². The van der Waals surface area contributed by atoms with Crippen molar-refractivity contribution in [1.82, 2.24) is 5.43 Å². The monoisotopic (exact) mass is 439 g/mol. The van der Waals surface area contributed by atoms with Crippen LogP contribution in [0.3, 0.4) is 0 Å². The molecule has 5 nitrogen and oxygen atoms in total. The lowest BCUT2D eigenvalue weighted by molar-refractivity contribution is -0.119. The average molecular weight is 441 g/mol. The summed E-state index contributed by atoms with van der Waals surface area (Å²) in [6.45, 7) is 2.08. The first-order valence-corrected chi connectivity index (χ1v) is 8.35. The molecular weight excluding hydrogens is 426 g/mol. The van der Waals surface area contributed by atoms with Gasteiger partial charge >= 0.3 is 0 Å². The molecule has 0 atom stereocenters. The summed E-state index contributed by atoms with van der Waals surface area (Å²) in [5, 5.41) is 16.1. The number of benzene rings is 2. The number of phenols is 1. The Morgan fingerprint density at radius 2 is 1.83 bits per heavy atom. The number of nitrogens with one attached hydrogen (secondary N) is 2. The maximum atomic E-state index is 11.8. The highest BCUT2D eigenvalue weighted by molar-refractivity contribution is 9.11. The lowest BCUT2D eigenvalue weighted by atomic mass is 10.2. The zero-order valence-corrected chi connectivity index (χ0v) is 15.5. The molecule has 2 aromatic carbocycles. The summed E-state index contributed by atoms with van der Waals surface area (Å²) in [6, 6.07) is 10.4. The normalized spacial score (nSPS) is 10.7. The van der Waals surface area contributed by atoms with Crippen LogP contribution >= 0.6 is 31.9 Å². The molecule has 2 aromatic rings. The fourth-order valence-electron chi connectivity index (χ4n) is 1.82. The van der Waals surface area contributed by atoms with Crippen molar-refractivity contribution in [2.75, 3.05) is 11.9 Å². The molecule has 1 amide bonds. The minimum atomic E-state index is -0.264. The Labute approximate surface area is 151 Å². The number of aromatic hydroxyl groups is 1. The van der Waals surface area contributed by atoms with Gasteiger partial charge in [-0.05, 0) is 86.3 Å². The predicted molar refractivity (Wildman–Crippen MR) is 98.9 cm³/mol. The number of anilines is 1. The number of rotatable bonds is 5. The number of hydrogen-bond acceptors (Lipinski definition) is 4. The van der Waals surface area contributed by atoms with E-state index in [1.165, 1.54) is 6.21 Å². The van der Waals surface area contributed by atoms with Crippen LogP contribution in [0.15, 0.2) is 50.4 Å². The maximum absolute atomic E-state index is 11.8. The Bertz CT molecular complexity index is 708. The van der Waals surface area contributed by atoms with Crippen LogP contribution in [0.1, 0.15) is 11.1 Å². The summed E-state index contributed by atoms with van der Waals surface area (Å²) in [5.41, 5.74) is 5.14. The quantitative estimate of drug-likeness (QED) is 0.489. The fraction of sp³-hybridized carbons (Fsp3) is 0.125. The van der Waals surface area contributed by atoms with Gasteiger partial charge in [0.1, 0.15) is 5.75 Å². The molecule has 0 aromatic heterocycles. The molecule has 0 aliphatic heterocycles. The lowest BCUT2D eigenvalue weighted by Gasteiger charge is -2.11. The molecule has 0 aliphatic rings. The molecule has 0 aliphatic carbocycles.